The maximum Gasteiger partial charge on any atom is 0.243 e. The molecule has 0 aromatic heterocycles. The molecule has 1 unspecified atom stereocenters. The SMILES string of the molecule is CNS(=O)(=O)c1ccc(S(=O)(=O)N(Cc2ccccc2OC)CC2CCCO2)cc1. The van der Waals surface area contributed by atoms with Gasteiger partial charge in [-0.15, -0.1) is 0 Å². The van der Waals surface area contributed by atoms with Crippen molar-refractivity contribution in [2.75, 3.05) is 27.3 Å². The van der Waals surface area contributed by atoms with Gasteiger partial charge < -0.3 is 9.47 Å². The maximum atomic E-state index is 13.4. The van der Waals surface area contributed by atoms with E-state index in [4.69, 9.17) is 9.47 Å². The van der Waals surface area contributed by atoms with Crippen LogP contribution in [0.3, 0.4) is 0 Å². The van der Waals surface area contributed by atoms with Crippen LogP contribution in [0.1, 0.15) is 18.4 Å². The van der Waals surface area contributed by atoms with E-state index in [0.29, 0.717) is 12.4 Å². The number of nitrogens with zero attached hydrogens (tertiary/aromatic N) is 1. The Labute approximate surface area is 177 Å². The molecule has 1 heterocycles. The normalized spacial score (nSPS) is 17.4. The zero-order valence-electron chi connectivity index (χ0n) is 16.9. The van der Waals surface area contributed by atoms with Gasteiger partial charge in [-0.05, 0) is 50.2 Å². The summed E-state index contributed by atoms with van der Waals surface area (Å²) in [4.78, 5) is 0.0183. The fraction of sp³-hybridized carbons (Fsp3) is 0.400. The zero-order valence-corrected chi connectivity index (χ0v) is 18.6. The van der Waals surface area contributed by atoms with Gasteiger partial charge in [0.15, 0.2) is 0 Å². The van der Waals surface area contributed by atoms with Crippen LogP contribution in [0.2, 0.25) is 0 Å². The summed E-state index contributed by atoms with van der Waals surface area (Å²) in [5.74, 6) is 0.598. The molecule has 1 fully saturated rings. The molecule has 0 radical (unpaired) electrons. The van der Waals surface area contributed by atoms with Gasteiger partial charge in [0, 0.05) is 25.3 Å². The van der Waals surface area contributed by atoms with Crippen LogP contribution in [0.5, 0.6) is 5.75 Å². The van der Waals surface area contributed by atoms with Crippen LogP contribution in [0.4, 0.5) is 0 Å². The van der Waals surface area contributed by atoms with E-state index in [9.17, 15) is 16.8 Å². The fourth-order valence-electron chi connectivity index (χ4n) is 3.34. The third kappa shape index (κ3) is 5.01. The molecule has 1 atom stereocenters. The lowest BCUT2D eigenvalue weighted by molar-refractivity contribution is 0.0924. The zero-order chi connectivity index (χ0) is 21.8. The Hall–Kier alpha value is -1.98. The molecule has 164 valence electrons. The van der Waals surface area contributed by atoms with E-state index in [0.717, 1.165) is 18.4 Å². The molecular formula is C20H26N2O6S2. The summed E-state index contributed by atoms with van der Waals surface area (Å²) in [7, 11) is -4.71. The molecular weight excluding hydrogens is 428 g/mol. The molecule has 1 saturated heterocycles. The first-order chi connectivity index (χ1) is 14.3. The highest BCUT2D eigenvalue weighted by molar-refractivity contribution is 7.89. The first-order valence-corrected chi connectivity index (χ1v) is 12.5. The van der Waals surface area contributed by atoms with Crippen molar-refractivity contribution in [3.05, 3.63) is 54.1 Å². The minimum atomic E-state index is -3.90. The standard InChI is InChI=1S/C20H26N2O6S2/c1-21-29(23,24)18-9-11-19(12-10-18)30(25,26)22(15-17-7-5-13-28-17)14-16-6-3-4-8-20(16)27-2/h3-4,6,8-12,17,21H,5,7,13-15H2,1-2H3. The molecule has 1 aliphatic heterocycles. The van der Waals surface area contributed by atoms with E-state index >= 15 is 0 Å². The number of para-hydroxylation sites is 1. The summed E-state index contributed by atoms with van der Waals surface area (Å²) >= 11 is 0. The second kappa shape index (κ2) is 9.44. The molecule has 1 N–H and O–H groups in total. The Morgan fingerprint density at radius 1 is 1.07 bits per heavy atom. The van der Waals surface area contributed by atoms with Crippen molar-refractivity contribution < 1.29 is 26.3 Å². The summed E-state index contributed by atoms with van der Waals surface area (Å²) in [5.41, 5.74) is 0.732. The van der Waals surface area contributed by atoms with Gasteiger partial charge in [-0.3, -0.25) is 0 Å². The van der Waals surface area contributed by atoms with Gasteiger partial charge >= 0.3 is 0 Å². The first-order valence-electron chi connectivity index (χ1n) is 9.55. The van der Waals surface area contributed by atoms with Gasteiger partial charge in [0.25, 0.3) is 0 Å². The van der Waals surface area contributed by atoms with Gasteiger partial charge in [0.1, 0.15) is 5.75 Å². The molecule has 0 bridgehead atoms. The topological polar surface area (TPSA) is 102 Å². The predicted molar refractivity (Wildman–Crippen MR) is 112 cm³/mol. The number of nitrogens with one attached hydrogen (secondary N) is 1. The number of hydrogen-bond donors (Lipinski definition) is 1. The van der Waals surface area contributed by atoms with Crippen molar-refractivity contribution >= 4 is 20.0 Å². The molecule has 10 heteroatoms. The van der Waals surface area contributed by atoms with E-state index in [1.54, 1.807) is 13.2 Å². The summed E-state index contributed by atoms with van der Waals surface area (Å²) < 4.78 is 65.3. The summed E-state index contributed by atoms with van der Waals surface area (Å²) in [6, 6.07) is 12.4. The largest absolute Gasteiger partial charge is 0.496 e. The highest BCUT2D eigenvalue weighted by Gasteiger charge is 2.30. The molecule has 2 aromatic carbocycles. The molecule has 3 rings (SSSR count). The minimum absolute atomic E-state index is 0.000597. The van der Waals surface area contributed by atoms with Gasteiger partial charge in [-0.25, -0.2) is 21.6 Å². The van der Waals surface area contributed by atoms with Crippen LogP contribution in [0.25, 0.3) is 0 Å². The monoisotopic (exact) mass is 454 g/mol. The molecule has 2 aromatic rings. The van der Waals surface area contributed by atoms with E-state index in [1.807, 2.05) is 18.2 Å². The summed E-state index contributed by atoms with van der Waals surface area (Å²) in [6.07, 6.45) is 1.50. The highest BCUT2D eigenvalue weighted by Crippen LogP contribution is 2.26. The highest BCUT2D eigenvalue weighted by atomic mass is 32.2. The third-order valence-corrected chi connectivity index (χ3v) is 8.27. The van der Waals surface area contributed by atoms with E-state index < -0.39 is 20.0 Å². The van der Waals surface area contributed by atoms with Crippen molar-refractivity contribution in [1.29, 1.82) is 0 Å². The fourth-order valence-corrected chi connectivity index (χ4v) is 5.52. The number of ether oxygens (including phenoxy) is 2. The maximum absolute atomic E-state index is 13.4. The molecule has 30 heavy (non-hydrogen) atoms. The van der Waals surface area contributed by atoms with Gasteiger partial charge in [0.2, 0.25) is 20.0 Å². The van der Waals surface area contributed by atoms with Crippen LogP contribution in [-0.2, 0) is 31.3 Å². The third-order valence-electron chi connectivity index (χ3n) is 5.01. The van der Waals surface area contributed by atoms with Gasteiger partial charge in [0.05, 0.1) is 23.0 Å². The lowest BCUT2D eigenvalue weighted by Crippen LogP contribution is -2.37. The number of rotatable bonds is 9. The van der Waals surface area contributed by atoms with Crippen LogP contribution < -0.4 is 9.46 Å². The Morgan fingerprint density at radius 3 is 2.33 bits per heavy atom. The smallest absolute Gasteiger partial charge is 0.243 e. The quantitative estimate of drug-likeness (QED) is 0.622. The van der Waals surface area contributed by atoms with Crippen molar-refractivity contribution in [3.63, 3.8) is 0 Å². The Morgan fingerprint density at radius 2 is 1.73 bits per heavy atom. The average Bonchev–Trinajstić information content (AvgIpc) is 3.27. The number of hydrogen-bond acceptors (Lipinski definition) is 6. The van der Waals surface area contributed by atoms with Gasteiger partial charge in [-0.2, -0.15) is 4.31 Å². The predicted octanol–water partition coefficient (Wildman–Crippen LogP) is 1.97. The number of benzene rings is 2. The van der Waals surface area contributed by atoms with Gasteiger partial charge in [-0.1, -0.05) is 18.2 Å². The Bertz CT molecular complexity index is 1060. The lowest BCUT2D eigenvalue weighted by Gasteiger charge is -2.25. The summed E-state index contributed by atoms with van der Waals surface area (Å²) in [6.45, 7) is 0.934. The molecule has 0 aliphatic carbocycles. The van der Waals surface area contributed by atoms with E-state index in [2.05, 4.69) is 4.72 Å². The van der Waals surface area contributed by atoms with E-state index in [-0.39, 0.29) is 29.0 Å². The average molecular weight is 455 g/mol. The van der Waals surface area contributed by atoms with Crippen LogP contribution in [-0.4, -0.2) is 54.6 Å². The molecule has 8 nitrogen and oxygen atoms in total. The summed E-state index contributed by atoms with van der Waals surface area (Å²) in [5, 5.41) is 0. The minimum Gasteiger partial charge on any atom is -0.496 e. The van der Waals surface area contributed by atoms with Crippen molar-refractivity contribution in [3.8, 4) is 5.75 Å². The molecule has 1 aliphatic rings. The van der Waals surface area contributed by atoms with Crippen LogP contribution >= 0.6 is 0 Å². The Kier molecular flexibility index (Phi) is 7.14. The molecule has 0 amide bonds. The Balaban J connectivity index is 1.94. The second-order valence-corrected chi connectivity index (χ2v) is 10.7. The van der Waals surface area contributed by atoms with E-state index in [1.165, 1.54) is 35.6 Å². The molecule has 0 saturated carbocycles. The number of sulfonamides is 2. The second-order valence-electron chi connectivity index (χ2n) is 6.92. The lowest BCUT2D eigenvalue weighted by atomic mass is 10.2. The van der Waals surface area contributed by atoms with Crippen molar-refractivity contribution in [2.24, 2.45) is 0 Å². The van der Waals surface area contributed by atoms with Crippen LogP contribution in [0.15, 0.2) is 58.3 Å². The number of methoxy groups -OCH3 is 1. The van der Waals surface area contributed by atoms with Crippen molar-refractivity contribution in [2.45, 2.75) is 35.3 Å². The van der Waals surface area contributed by atoms with Crippen molar-refractivity contribution in [1.82, 2.24) is 9.03 Å². The first kappa shape index (κ1) is 22.7. The van der Waals surface area contributed by atoms with Crippen LogP contribution in [0, 0.1) is 0 Å². The molecule has 0 spiro atoms.